The first-order valence-corrected chi connectivity index (χ1v) is 22.8. The number of hydrogen-bond donors (Lipinski definition) is 15. The summed E-state index contributed by atoms with van der Waals surface area (Å²) in [5, 5.41) is 56.2. The minimum absolute atomic E-state index is 0.347. The maximum Gasteiger partial charge on any atom is 0.325 e. The molecule has 0 fully saturated rings. The van der Waals surface area contributed by atoms with E-state index in [9.17, 15) is 67.7 Å². The lowest BCUT2D eigenvalue weighted by molar-refractivity contribution is -0.142. The predicted octanol–water partition coefficient (Wildman–Crippen LogP) is -5.93. The summed E-state index contributed by atoms with van der Waals surface area (Å²) in [6, 6.07) is -12.2. The molecule has 398 valence electrons. The lowest BCUT2D eigenvalue weighted by Gasteiger charge is -2.29. The Morgan fingerprint density at radius 3 is 1.00 bits per heavy atom. The monoisotopic (exact) mass is 1000 g/mol. The summed E-state index contributed by atoms with van der Waals surface area (Å²) >= 11 is 0. The van der Waals surface area contributed by atoms with Gasteiger partial charge in [-0.3, -0.25) is 57.5 Å². The van der Waals surface area contributed by atoms with Crippen molar-refractivity contribution in [3.8, 4) is 0 Å². The van der Waals surface area contributed by atoms with Gasteiger partial charge in [0, 0.05) is 0 Å². The lowest BCUT2D eigenvalue weighted by Crippen LogP contribution is -2.62. The second-order valence-electron chi connectivity index (χ2n) is 18.2. The number of carbonyl (C=O) groups is 12. The van der Waals surface area contributed by atoms with Crippen LogP contribution >= 0.6 is 0 Å². The number of aliphatic carboxylic acids is 1. The number of carboxylic acids is 1. The summed E-state index contributed by atoms with van der Waals surface area (Å²) in [6.07, 6.45) is -3.09. The Kier molecular flexibility index (Phi) is 27.4. The van der Waals surface area contributed by atoms with Crippen LogP contribution in [0, 0.1) is 23.7 Å². The first kappa shape index (κ1) is 63.5. The van der Waals surface area contributed by atoms with Crippen LogP contribution in [0.4, 0.5) is 0 Å². The van der Waals surface area contributed by atoms with Crippen LogP contribution in [0.25, 0.3) is 0 Å². The highest BCUT2D eigenvalue weighted by Gasteiger charge is 2.37. The lowest BCUT2D eigenvalue weighted by atomic mass is 9.99. The Bertz CT molecular complexity index is 1880. The molecule has 0 bridgehead atoms. The fourth-order valence-corrected chi connectivity index (χ4v) is 6.08. The van der Waals surface area contributed by atoms with E-state index in [4.69, 9.17) is 10.8 Å². The van der Waals surface area contributed by atoms with E-state index in [2.05, 4.69) is 58.5 Å². The smallest absolute Gasteiger partial charge is 0.325 e. The van der Waals surface area contributed by atoms with Gasteiger partial charge in [-0.25, -0.2) is 0 Å². The molecule has 0 aliphatic heterocycles. The Labute approximate surface area is 407 Å². The van der Waals surface area contributed by atoms with E-state index in [1.54, 1.807) is 55.4 Å². The van der Waals surface area contributed by atoms with Gasteiger partial charge in [0.25, 0.3) is 0 Å². The summed E-state index contributed by atoms with van der Waals surface area (Å²) in [5.74, 6) is -12.9. The van der Waals surface area contributed by atoms with E-state index in [-0.39, 0.29) is 6.54 Å². The van der Waals surface area contributed by atoms with Crippen molar-refractivity contribution >= 4 is 70.9 Å². The first-order valence-electron chi connectivity index (χ1n) is 22.8. The summed E-state index contributed by atoms with van der Waals surface area (Å²) < 4.78 is 0. The van der Waals surface area contributed by atoms with Crippen molar-refractivity contribution in [3.05, 3.63) is 0 Å². The highest BCUT2D eigenvalue weighted by atomic mass is 16.4. The third-order valence-electron chi connectivity index (χ3n) is 10.4. The Morgan fingerprint density at radius 2 is 0.629 bits per heavy atom. The average Bonchev–Trinajstić information content (AvgIpc) is 3.25. The van der Waals surface area contributed by atoms with Crippen molar-refractivity contribution in [1.29, 1.82) is 0 Å². The predicted molar refractivity (Wildman–Crippen MR) is 250 cm³/mol. The maximum atomic E-state index is 13.6. The van der Waals surface area contributed by atoms with E-state index >= 15 is 0 Å². The quantitative estimate of drug-likeness (QED) is 0.0332. The zero-order chi connectivity index (χ0) is 54.5. The van der Waals surface area contributed by atoms with E-state index < -0.39 is 174 Å². The van der Waals surface area contributed by atoms with Gasteiger partial charge in [-0.05, 0) is 58.3 Å². The van der Waals surface area contributed by atoms with Crippen LogP contribution in [0.5, 0.6) is 0 Å². The molecule has 0 rings (SSSR count). The van der Waals surface area contributed by atoms with Crippen molar-refractivity contribution in [2.75, 3.05) is 19.6 Å². The van der Waals surface area contributed by atoms with Gasteiger partial charge < -0.3 is 79.5 Å². The molecule has 0 aliphatic carbocycles. The highest BCUT2D eigenvalue weighted by Crippen LogP contribution is 2.10. The molecule has 27 heteroatoms. The second kappa shape index (κ2) is 30.2. The van der Waals surface area contributed by atoms with Gasteiger partial charge in [-0.15, -0.1) is 0 Å². The number of aliphatic hydroxyl groups excluding tert-OH is 2. The fraction of sp³-hybridized carbons (Fsp3) is 0.721. The highest BCUT2D eigenvalue weighted by molar-refractivity contribution is 5.98. The zero-order valence-electron chi connectivity index (χ0n) is 42.1. The topological polar surface area (TPSA) is 424 Å². The molecular formula is C43H76N12O15. The molecule has 11 atom stereocenters. The minimum Gasteiger partial charge on any atom is -0.480 e. The number of carbonyl (C=O) groups excluding carboxylic acids is 11. The summed E-state index contributed by atoms with van der Waals surface area (Å²) in [6.45, 7) is 17.3. The standard InChI is InChI=1S/C43H76N12O15/c1-17(2)29(39(65)55-34(25(13)57)42(68)48-22(10)36(62)51-30(18(3)4)38(64)49-23(11)43(69)70)50-28(60)16-46-37(63)33(24(12)56)54-41(67)32(20(7)8)53-40(66)31(19(5)6)52-35(61)21(9)47-27(59)15-45-26(58)14-44/h17-25,29-34,56-57H,14-16,44H2,1-13H3,(H,45,58)(H,46,63)(H,47,59)(H,48,68)(H,49,64)(H,50,60)(H,51,62)(H,52,61)(H,53,66)(H,54,67)(H,55,65)(H,69,70)/t21-,22-,23-,24+,25+,29-,30-,31-,32-,33-,34-/m0/s1. The van der Waals surface area contributed by atoms with Gasteiger partial charge in [-0.2, -0.15) is 0 Å². The molecule has 0 spiro atoms. The minimum atomic E-state index is -1.67. The van der Waals surface area contributed by atoms with Crippen LogP contribution in [-0.4, -0.2) is 172 Å². The van der Waals surface area contributed by atoms with Crippen LogP contribution in [0.3, 0.4) is 0 Å². The molecule has 0 unspecified atom stereocenters. The van der Waals surface area contributed by atoms with Crippen molar-refractivity contribution in [2.24, 2.45) is 29.4 Å². The molecule has 0 aromatic carbocycles. The zero-order valence-corrected chi connectivity index (χ0v) is 42.1. The third-order valence-corrected chi connectivity index (χ3v) is 10.4. The first-order chi connectivity index (χ1) is 32.3. The van der Waals surface area contributed by atoms with Crippen LogP contribution in [0.2, 0.25) is 0 Å². The van der Waals surface area contributed by atoms with Gasteiger partial charge in [0.05, 0.1) is 31.8 Å². The molecule has 70 heavy (non-hydrogen) atoms. The van der Waals surface area contributed by atoms with Gasteiger partial charge >= 0.3 is 5.97 Å². The molecule has 11 amide bonds. The maximum absolute atomic E-state index is 13.6. The molecule has 0 saturated carbocycles. The van der Waals surface area contributed by atoms with Gasteiger partial charge in [0.2, 0.25) is 65.0 Å². The molecule has 0 aliphatic rings. The molecule has 0 aromatic rings. The van der Waals surface area contributed by atoms with Crippen molar-refractivity contribution in [3.63, 3.8) is 0 Å². The molecule has 0 heterocycles. The number of aliphatic hydroxyl groups is 2. The Morgan fingerprint density at radius 1 is 0.343 bits per heavy atom. The number of amides is 11. The number of hydrogen-bond acceptors (Lipinski definition) is 15. The third kappa shape index (κ3) is 21.9. The van der Waals surface area contributed by atoms with E-state index in [0.717, 1.165) is 0 Å². The number of nitrogens with two attached hydrogens (primary N) is 1. The van der Waals surface area contributed by atoms with Gasteiger partial charge in [0.1, 0.15) is 54.4 Å². The van der Waals surface area contributed by atoms with Gasteiger partial charge in [0.15, 0.2) is 0 Å². The number of carboxylic acid groups (broad SMARTS) is 1. The van der Waals surface area contributed by atoms with Crippen molar-refractivity contribution in [2.45, 2.75) is 157 Å². The molecule has 0 aromatic heterocycles. The molecular weight excluding hydrogens is 925 g/mol. The van der Waals surface area contributed by atoms with Crippen LogP contribution in [-0.2, 0) is 57.5 Å². The van der Waals surface area contributed by atoms with E-state index in [0.29, 0.717) is 0 Å². The van der Waals surface area contributed by atoms with Crippen molar-refractivity contribution < 1.29 is 72.9 Å². The van der Waals surface area contributed by atoms with E-state index in [1.807, 2.05) is 0 Å². The normalized spacial score (nSPS) is 15.9. The fourth-order valence-electron chi connectivity index (χ4n) is 6.08. The van der Waals surface area contributed by atoms with Crippen LogP contribution < -0.4 is 64.2 Å². The van der Waals surface area contributed by atoms with Crippen LogP contribution in [0.1, 0.15) is 90.0 Å². The SMILES string of the molecule is CC(C)[C@H](NC(=O)CNC(=O)[C@@H](NC(=O)[C@@H](NC(=O)[C@@H](NC(=O)[C@H](C)NC(=O)CNC(=O)CN)C(C)C)C(C)C)[C@@H](C)O)C(=O)N[C@H](C(=O)N[C@@H](C)C(=O)N[C@H](C(=O)N[C@@H](C)C(=O)O)C(C)C)[C@@H](C)O. The number of rotatable bonds is 29. The molecule has 27 nitrogen and oxygen atoms in total. The Balaban J connectivity index is 5.77. The molecule has 16 N–H and O–H groups in total. The van der Waals surface area contributed by atoms with Crippen molar-refractivity contribution in [1.82, 2.24) is 58.5 Å². The van der Waals surface area contributed by atoms with Crippen LogP contribution in [0.15, 0.2) is 0 Å². The summed E-state index contributed by atoms with van der Waals surface area (Å²) in [4.78, 5) is 153. The number of nitrogens with one attached hydrogen (secondary N) is 11. The second-order valence-corrected chi connectivity index (χ2v) is 18.2. The summed E-state index contributed by atoms with van der Waals surface area (Å²) in [5.41, 5.74) is 5.20. The average molecular weight is 1000 g/mol. The summed E-state index contributed by atoms with van der Waals surface area (Å²) in [7, 11) is 0. The molecule has 0 saturated heterocycles. The largest absolute Gasteiger partial charge is 0.480 e. The van der Waals surface area contributed by atoms with Gasteiger partial charge in [-0.1, -0.05) is 55.4 Å². The Hall–Kier alpha value is -6.48. The van der Waals surface area contributed by atoms with E-state index in [1.165, 1.54) is 34.6 Å². The molecule has 0 radical (unpaired) electrons.